The summed E-state index contributed by atoms with van der Waals surface area (Å²) in [6, 6.07) is 0. The molecule has 22 heavy (non-hydrogen) atoms. The van der Waals surface area contributed by atoms with E-state index in [1.165, 1.54) is 38.8 Å². The first-order valence-corrected chi connectivity index (χ1v) is 8.65. The number of halogens is 1. The molecule has 3 N–H and O–H groups in total. The first-order chi connectivity index (χ1) is 9.87. The standard InChI is InChI=1S/C17H34N4.HI/c1-13-8-14(2)11-21(10-13)17(3,4)12-20-16(18)19-9-15-6-5-7-15;/h13-15H,5-12H2,1-4H3,(H3,18,19,20);1H. The van der Waals surface area contributed by atoms with Crippen LogP contribution in [0.3, 0.4) is 0 Å². The van der Waals surface area contributed by atoms with E-state index in [-0.39, 0.29) is 29.5 Å². The number of guanidine groups is 1. The van der Waals surface area contributed by atoms with E-state index in [4.69, 9.17) is 5.73 Å². The molecule has 1 saturated heterocycles. The maximum atomic E-state index is 6.01. The van der Waals surface area contributed by atoms with Crippen molar-refractivity contribution in [3.8, 4) is 0 Å². The summed E-state index contributed by atoms with van der Waals surface area (Å²) in [5, 5.41) is 3.29. The second kappa shape index (κ2) is 8.71. The van der Waals surface area contributed by atoms with Crippen LogP contribution in [0.1, 0.15) is 53.4 Å². The van der Waals surface area contributed by atoms with Gasteiger partial charge in [-0.2, -0.15) is 0 Å². The number of piperidine rings is 1. The van der Waals surface area contributed by atoms with E-state index in [1.54, 1.807) is 0 Å². The molecule has 2 fully saturated rings. The maximum Gasteiger partial charge on any atom is 0.188 e. The highest BCUT2D eigenvalue weighted by Gasteiger charge is 2.32. The van der Waals surface area contributed by atoms with Gasteiger partial charge in [0.15, 0.2) is 5.96 Å². The van der Waals surface area contributed by atoms with Gasteiger partial charge in [0.2, 0.25) is 0 Å². The minimum atomic E-state index is 0. The lowest BCUT2D eigenvalue weighted by molar-refractivity contribution is 0.0513. The highest BCUT2D eigenvalue weighted by Crippen LogP contribution is 2.27. The van der Waals surface area contributed by atoms with Crippen molar-refractivity contribution < 1.29 is 0 Å². The van der Waals surface area contributed by atoms with Gasteiger partial charge in [-0.15, -0.1) is 24.0 Å². The van der Waals surface area contributed by atoms with E-state index < -0.39 is 0 Å². The molecular formula is C17H35IN4. The van der Waals surface area contributed by atoms with Gasteiger partial charge in [-0.1, -0.05) is 20.3 Å². The molecule has 2 atom stereocenters. The third kappa shape index (κ3) is 5.87. The Morgan fingerprint density at radius 2 is 1.82 bits per heavy atom. The largest absolute Gasteiger partial charge is 0.370 e. The number of nitrogens with zero attached hydrogens (tertiary/aromatic N) is 2. The van der Waals surface area contributed by atoms with Gasteiger partial charge in [0.1, 0.15) is 0 Å². The molecule has 0 amide bonds. The van der Waals surface area contributed by atoms with Crippen LogP contribution in [0, 0.1) is 17.8 Å². The molecule has 130 valence electrons. The second-order valence-corrected chi connectivity index (χ2v) is 8.04. The van der Waals surface area contributed by atoms with Gasteiger partial charge in [-0.3, -0.25) is 9.89 Å². The highest BCUT2D eigenvalue weighted by molar-refractivity contribution is 14.0. The third-order valence-corrected chi connectivity index (χ3v) is 5.16. The van der Waals surface area contributed by atoms with Gasteiger partial charge in [-0.25, -0.2) is 0 Å². The molecule has 2 rings (SSSR count). The van der Waals surface area contributed by atoms with Gasteiger partial charge in [0, 0.05) is 25.2 Å². The summed E-state index contributed by atoms with van der Waals surface area (Å²) in [5.74, 6) is 3.00. The number of aliphatic imine (C=N–C) groups is 1. The average molecular weight is 422 g/mol. The van der Waals surface area contributed by atoms with Crippen LogP contribution in [0.15, 0.2) is 4.99 Å². The lowest BCUT2D eigenvalue weighted by atomic mass is 9.85. The number of rotatable bonds is 5. The van der Waals surface area contributed by atoms with Crippen molar-refractivity contribution in [2.75, 3.05) is 26.2 Å². The van der Waals surface area contributed by atoms with Crippen molar-refractivity contribution in [2.45, 2.75) is 58.9 Å². The predicted molar refractivity (Wildman–Crippen MR) is 106 cm³/mol. The van der Waals surface area contributed by atoms with Crippen molar-refractivity contribution >= 4 is 29.9 Å². The van der Waals surface area contributed by atoms with Crippen LogP contribution in [0.4, 0.5) is 0 Å². The Kier molecular flexibility index (Phi) is 7.92. The van der Waals surface area contributed by atoms with Crippen LogP contribution in [0.5, 0.6) is 0 Å². The maximum absolute atomic E-state index is 6.01. The van der Waals surface area contributed by atoms with Crippen LogP contribution < -0.4 is 11.1 Å². The molecule has 1 aliphatic heterocycles. The van der Waals surface area contributed by atoms with E-state index in [2.05, 4.69) is 42.9 Å². The quantitative estimate of drug-likeness (QED) is 0.407. The molecule has 1 aliphatic carbocycles. The fourth-order valence-corrected chi connectivity index (χ4v) is 3.54. The van der Waals surface area contributed by atoms with Gasteiger partial charge < -0.3 is 11.1 Å². The summed E-state index contributed by atoms with van der Waals surface area (Å²) in [5.41, 5.74) is 6.10. The zero-order valence-electron chi connectivity index (χ0n) is 14.8. The Balaban J connectivity index is 0.00000242. The Morgan fingerprint density at radius 3 is 2.32 bits per heavy atom. The molecule has 2 unspecified atom stereocenters. The molecule has 1 heterocycles. The van der Waals surface area contributed by atoms with Crippen molar-refractivity contribution in [1.82, 2.24) is 10.2 Å². The topological polar surface area (TPSA) is 53.6 Å². The van der Waals surface area contributed by atoms with Crippen molar-refractivity contribution in [3.63, 3.8) is 0 Å². The Morgan fingerprint density at radius 1 is 1.23 bits per heavy atom. The molecule has 0 bridgehead atoms. The Bertz CT molecular complexity index is 356. The van der Waals surface area contributed by atoms with Crippen LogP contribution in [0.2, 0.25) is 0 Å². The van der Waals surface area contributed by atoms with E-state index in [0.717, 1.165) is 30.8 Å². The van der Waals surface area contributed by atoms with Crippen molar-refractivity contribution in [3.05, 3.63) is 0 Å². The van der Waals surface area contributed by atoms with Gasteiger partial charge >= 0.3 is 0 Å². The molecule has 0 aromatic carbocycles. The molecule has 2 aliphatic rings. The first-order valence-electron chi connectivity index (χ1n) is 8.65. The number of hydrogen-bond donors (Lipinski definition) is 2. The van der Waals surface area contributed by atoms with Crippen molar-refractivity contribution in [2.24, 2.45) is 28.5 Å². The molecular weight excluding hydrogens is 387 g/mol. The lowest BCUT2D eigenvalue weighted by Crippen LogP contribution is -2.53. The summed E-state index contributed by atoms with van der Waals surface area (Å²) >= 11 is 0. The molecule has 0 aromatic rings. The normalized spacial score (nSPS) is 27.9. The fourth-order valence-electron chi connectivity index (χ4n) is 3.54. The third-order valence-electron chi connectivity index (χ3n) is 5.16. The zero-order valence-corrected chi connectivity index (χ0v) is 17.1. The zero-order chi connectivity index (χ0) is 15.5. The van der Waals surface area contributed by atoms with Crippen LogP contribution in [-0.4, -0.2) is 42.6 Å². The first kappa shape index (κ1) is 20.0. The number of likely N-dealkylation sites (tertiary alicyclic amines) is 1. The van der Waals surface area contributed by atoms with Gasteiger partial charge in [-0.05, 0) is 50.9 Å². The van der Waals surface area contributed by atoms with E-state index in [1.807, 2.05) is 0 Å². The molecule has 5 heteroatoms. The summed E-state index contributed by atoms with van der Waals surface area (Å²) in [6.07, 6.45) is 5.41. The molecule has 0 aromatic heterocycles. The minimum absolute atomic E-state index is 0. The van der Waals surface area contributed by atoms with Crippen molar-refractivity contribution in [1.29, 1.82) is 0 Å². The van der Waals surface area contributed by atoms with Gasteiger partial charge in [0.05, 0.1) is 6.54 Å². The number of hydrogen-bond acceptors (Lipinski definition) is 2. The molecule has 0 spiro atoms. The number of nitrogens with one attached hydrogen (secondary N) is 1. The summed E-state index contributed by atoms with van der Waals surface area (Å²) in [4.78, 5) is 7.18. The van der Waals surface area contributed by atoms with Gasteiger partial charge in [0.25, 0.3) is 0 Å². The van der Waals surface area contributed by atoms with E-state index >= 15 is 0 Å². The SMILES string of the molecule is CC1CC(C)CN(C(C)(C)CN=C(N)NCC2CCC2)C1.I. The lowest BCUT2D eigenvalue weighted by Gasteiger charge is -2.44. The minimum Gasteiger partial charge on any atom is -0.370 e. The fraction of sp³-hybridized carbons (Fsp3) is 0.941. The summed E-state index contributed by atoms with van der Waals surface area (Å²) < 4.78 is 0. The van der Waals surface area contributed by atoms with E-state index in [0.29, 0.717) is 5.96 Å². The second-order valence-electron chi connectivity index (χ2n) is 8.04. The highest BCUT2D eigenvalue weighted by atomic mass is 127. The number of nitrogens with two attached hydrogens (primary N) is 1. The monoisotopic (exact) mass is 422 g/mol. The Hall–Kier alpha value is -0.0400. The molecule has 0 radical (unpaired) electrons. The van der Waals surface area contributed by atoms with Crippen LogP contribution in [-0.2, 0) is 0 Å². The Labute approximate surface area is 153 Å². The van der Waals surface area contributed by atoms with Crippen LogP contribution in [0.25, 0.3) is 0 Å². The molecule has 4 nitrogen and oxygen atoms in total. The summed E-state index contributed by atoms with van der Waals surface area (Å²) in [7, 11) is 0. The summed E-state index contributed by atoms with van der Waals surface area (Å²) in [6.45, 7) is 13.4. The molecule has 1 saturated carbocycles. The smallest absolute Gasteiger partial charge is 0.188 e. The van der Waals surface area contributed by atoms with E-state index in [9.17, 15) is 0 Å². The predicted octanol–water partition coefficient (Wildman–Crippen LogP) is 3.07. The van der Waals surface area contributed by atoms with Crippen LogP contribution >= 0.6 is 24.0 Å². The average Bonchev–Trinajstić information content (AvgIpc) is 2.33.